The zero-order valence-corrected chi connectivity index (χ0v) is 14.4. The van der Waals surface area contributed by atoms with Crippen molar-refractivity contribution >= 4 is 11.9 Å². The Labute approximate surface area is 142 Å². The van der Waals surface area contributed by atoms with Crippen molar-refractivity contribution in [1.82, 2.24) is 5.06 Å². The third-order valence-corrected chi connectivity index (χ3v) is 3.41. The molecule has 0 unspecified atom stereocenters. The molecule has 0 aromatic heterocycles. The highest BCUT2D eigenvalue weighted by Gasteiger charge is 2.32. The molecule has 0 spiro atoms. The van der Waals surface area contributed by atoms with E-state index < -0.39 is 5.66 Å². The minimum Gasteiger partial charge on any atom is -0.497 e. The standard InChI is InChI=1S/C16H25N5O3/c1-16(2)20-14(17)19-15(18)21(16)24-11-5-4-10-23-13-8-6-12(22-3)7-9-13/h6-9H,4-5,10-11H2,1-3H3,(H4,17,18,19,20). The zero-order valence-electron chi connectivity index (χ0n) is 14.4. The number of hydrogen-bond donors (Lipinski definition) is 2. The summed E-state index contributed by atoms with van der Waals surface area (Å²) >= 11 is 0. The van der Waals surface area contributed by atoms with E-state index in [0.29, 0.717) is 13.2 Å². The van der Waals surface area contributed by atoms with Gasteiger partial charge in [-0.3, -0.25) is 4.84 Å². The van der Waals surface area contributed by atoms with Gasteiger partial charge in [-0.05, 0) is 51.0 Å². The number of methoxy groups -OCH3 is 1. The fraction of sp³-hybridized carbons (Fsp3) is 0.500. The van der Waals surface area contributed by atoms with Crippen LogP contribution in [0.2, 0.25) is 0 Å². The van der Waals surface area contributed by atoms with E-state index in [9.17, 15) is 0 Å². The molecule has 0 atom stereocenters. The lowest BCUT2D eigenvalue weighted by Crippen LogP contribution is -2.53. The molecular formula is C16H25N5O3. The van der Waals surface area contributed by atoms with E-state index in [4.69, 9.17) is 25.8 Å². The van der Waals surface area contributed by atoms with Gasteiger partial charge in [0.15, 0.2) is 5.66 Å². The molecule has 0 amide bonds. The van der Waals surface area contributed by atoms with Gasteiger partial charge in [0.1, 0.15) is 11.5 Å². The van der Waals surface area contributed by atoms with E-state index in [1.807, 2.05) is 38.1 Å². The Kier molecular flexibility index (Phi) is 5.86. The number of nitrogens with two attached hydrogens (primary N) is 2. The molecule has 4 N–H and O–H groups in total. The number of guanidine groups is 2. The highest BCUT2D eigenvalue weighted by Crippen LogP contribution is 2.20. The molecule has 0 bridgehead atoms. The quantitative estimate of drug-likeness (QED) is 0.697. The molecule has 24 heavy (non-hydrogen) atoms. The van der Waals surface area contributed by atoms with Crippen molar-refractivity contribution in [3.05, 3.63) is 24.3 Å². The summed E-state index contributed by atoms with van der Waals surface area (Å²) in [7, 11) is 1.64. The third-order valence-electron chi connectivity index (χ3n) is 3.41. The lowest BCUT2D eigenvalue weighted by Gasteiger charge is -2.36. The van der Waals surface area contributed by atoms with Crippen LogP contribution < -0.4 is 20.9 Å². The van der Waals surface area contributed by atoms with Crippen LogP contribution in [0.4, 0.5) is 0 Å². The Balaban J connectivity index is 1.67. The summed E-state index contributed by atoms with van der Waals surface area (Å²) in [6.45, 7) is 4.80. The maximum Gasteiger partial charge on any atom is 0.226 e. The van der Waals surface area contributed by atoms with Gasteiger partial charge in [-0.25, -0.2) is 4.99 Å². The molecule has 8 heteroatoms. The van der Waals surface area contributed by atoms with Gasteiger partial charge in [-0.2, -0.15) is 10.1 Å². The molecule has 1 aliphatic heterocycles. The zero-order chi connectivity index (χ0) is 17.6. The van der Waals surface area contributed by atoms with Gasteiger partial charge in [-0.15, -0.1) is 0 Å². The van der Waals surface area contributed by atoms with E-state index in [0.717, 1.165) is 24.3 Å². The van der Waals surface area contributed by atoms with Crippen molar-refractivity contribution in [1.29, 1.82) is 0 Å². The summed E-state index contributed by atoms with van der Waals surface area (Å²) in [5.74, 6) is 1.99. The van der Waals surface area contributed by atoms with E-state index in [1.165, 1.54) is 5.06 Å². The molecule has 132 valence electrons. The van der Waals surface area contributed by atoms with Crippen LogP contribution >= 0.6 is 0 Å². The molecular weight excluding hydrogens is 310 g/mol. The minimum absolute atomic E-state index is 0.158. The van der Waals surface area contributed by atoms with E-state index in [1.54, 1.807) is 7.11 Å². The third kappa shape index (κ3) is 4.76. The van der Waals surface area contributed by atoms with E-state index in [2.05, 4.69) is 9.98 Å². The number of ether oxygens (including phenoxy) is 2. The second kappa shape index (κ2) is 7.87. The molecule has 0 fully saturated rings. The number of hydroxylamine groups is 2. The van der Waals surface area contributed by atoms with Gasteiger partial charge in [0.2, 0.25) is 11.9 Å². The largest absolute Gasteiger partial charge is 0.497 e. The minimum atomic E-state index is -0.671. The van der Waals surface area contributed by atoms with E-state index >= 15 is 0 Å². The number of nitrogens with zero attached hydrogens (tertiary/aromatic N) is 3. The van der Waals surface area contributed by atoms with E-state index in [-0.39, 0.29) is 11.9 Å². The Morgan fingerprint density at radius 2 is 1.67 bits per heavy atom. The average Bonchev–Trinajstić information content (AvgIpc) is 2.52. The van der Waals surface area contributed by atoms with Gasteiger partial charge in [0, 0.05) is 0 Å². The first-order valence-electron chi connectivity index (χ1n) is 7.82. The normalized spacial score (nSPS) is 16.4. The summed E-state index contributed by atoms with van der Waals surface area (Å²) in [6.07, 6.45) is 1.66. The van der Waals surface area contributed by atoms with Gasteiger partial charge in [0.25, 0.3) is 0 Å². The van der Waals surface area contributed by atoms with Crippen LogP contribution in [0, 0.1) is 0 Å². The molecule has 0 saturated carbocycles. The second-order valence-electron chi connectivity index (χ2n) is 5.79. The van der Waals surface area contributed by atoms with Crippen LogP contribution in [-0.4, -0.2) is 43.0 Å². The molecule has 0 radical (unpaired) electrons. The SMILES string of the molecule is COc1ccc(OCCCCON2C(N)=NC(N)=NC2(C)C)cc1. The molecule has 1 aliphatic rings. The molecule has 0 aliphatic carbocycles. The number of aliphatic imine (C=N–C) groups is 2. The van der Waals surface area contributed by atoms with Crippen LogP contribution in [0.15, 0.2) is 34.3 Å². The summed E-state index contributed by atoms with van der Waals surface area (Å²) in [4.78, 5) is 13.8. The first-order chi connectivity index (χ1) is 11.4. The Hall–Kier alpha value is -2.48. The molecule has 2 rings (SSSR count). The average molecular weight is 335 g/mol. The topological polar surface area (TPSA) is 108 Å². The first-order valence-corrected chi connectivity index (χ1v) is 7.82. The van der Waals surface area contributed by atoms with Gasteiger partial charge in [0.05, 0.1) is 20.3 Å². The van der Waals surface area contributed by atoms with Crippen molar-refractivity contribution in [2.75, 3.05) is 20.3 Å². The van der Waals surface area contributed by atoms with Crippen LogP contribution in [0.3, 0.4) is 0 Å². The van der Waals surface area contributed by atoms with Crippen molar-refractivity contribution in [2.45, 2.75) is 32.4 Å². The molecule has 1 aromatic rings. The highest BCUT2D eigenvalue weighted by atomic mass is 16.7. The smallest absolute Gasteiger partial charge is 0.226 e. The lowest BCUT2D eigenvalue weighted by atomic mass is 10.2. The van der Waals surface area contributed by atoms with Crippen LogP contribution in [0.1, 0.15) is 26.7 Å². The predicted molar refractivity (Wildman–Crippen MR) is 92.8 cm³/mol. The number of unbranched alkanes of at least 4 members (excludes halogenated alkanes) is 1. The summed E-state index contributed by atoms with van der Waals surface area (Å²) in [6, 6.07) is 7.49. The lowest BCUT2D eigenvalue weighted by molar-refractivity contribution is -0.157. The molecule has 1 aromatic carbocycles. The monoisotopic (exact) mass is 335 g/mol. The fourth-order valence-corrected chi connectivity index (χ4v) is 2.24. The maximum atomic E-state index is 5.84. The number of hydrogen-bond acceptors (Lipinski definition) is 8. The summed E-state index contributed by atoms with van der Waals surface area (Å²) in [5.41, 5.74) is 10.8. The van der Waals surface area contributed by atoms with Crippen LogP contribution in [0.25, 0.3) is 0 Å². The fourth-order valence-electron chi connectivity index (χ4n) is 2.24. The molecule has 8 nitrogen and oxygen atoms in total. The van der Waals surface area contributed by atoms with Gasteiger partial charge < -0.3 is 20.9 Å². The van der Waals surface area contributed by atoms with Crippen molar-refractivity contribution in [3.8, 4) is 11.5 Å². The first kappa shape index (κ1) is 17.9. The van der Waals surface area contributed by atoms with Crippen LogP contribution in [0.5, 0.6) is 11.5 Å². The molecule has 1 heterocycles. The number of benzene rings is 1. The Morgan fingerprint density at radius 3 is 2.29 bits per heavy atom. The van der Waals surface area contributed by atoms with Gasteiger partial charge >= 0.3 is 0 Å². The Morgan fingerprint density at radius 1 is 1.04 bits per heavy atom. The summed E-state index contributed by atoms with van der Waals surface area (Å²) in [5, 5.41) is 1.48. The van der Waals surface area contributed by atoms with Gasteiger partial charge in [-0.1, -0.05) is 0 Å². The van der Waals surface area contributed by atoms with Crippen molar-refractivity contribution in [3.63, 3.8) is 0 Å². The van der Waals surface area contributed by atoms with Crippen molar-refractivity contribution < 1.29 is 14.3 Å². The second-order valence-corrected chi connectivity index (χ2v) is 5.79. The Bertz CT molecular complexity index is 598. The highest BCUT2D eigenvalue weighted by molar-refractivity contribution is 5.95. The number of rotatable bonds is 8. The predicted octanol–water partition coefficient (Wildman–Crippen LogP) is 1.47. The molecule has 0 saturated heterocycles. The van der Waals surface area contributed by atoms with Crippen molar-refractivity contribution in [2.24, 2.45) is 21.5 Å². The maximum absolute atomic E-state index is 5.84. The summed E-state index contributed by atoms with van der Waals surface area (Å²) < 4.78 is 10.8. The van der Waals surface area contributed by atoms with Crippen LogP contribution in [-0.2, 0) is 4.84 Å².